The lowest BCUT2D eigenvalue weighted by Crippen LogP contribution is -2.24. The lowest BCUT2D eigenvalue weighted by Gasteiger charge is -2.24. The van der Waals surface area contributed by atoms with Crippen molar-refractivity contribution in [3.05, 3.63) is 11.6 Å². The van der Waals surface area contributed by atoms with E-state index in [0.717, 1.165) is 18.4 Å². The normalized spacial score (nSPS) is 29.7. The molecule has 1 rings (SSSR count). The molecule has 2 atom stereocenters. The molecular formula is C9H14O3. The van der Waals surface area contributed by atoms with E-state index < -0.39 is 12.1 Å². The van der Waals surface area contributed by atoms with Crippen LogP contribution in [0.15, 0.2) is 11.6 Å². The van der Waals surface area contributed by atoms with Crippen molar-refractivity contribution in [1.82, 2.24) is 0 Å². The number of hydrogen-bond donors (Lipinski definition) is 2. The highest BCUT2D eigenvalue weighted by Gasteiger charge is 2.23. The van der Waals surface area contributed by atoms with Crippen LogP contribution in [0.3, 0.4) is 0 Å². The summed E-state index contributed by atoms with van der Waals surface area (Å²) in [6.45, 7) is 1.96. The number of allylic oxidation sites excluding steroid dienone is 1. The number of carboxylic acids is 1. The molecule has 68 valence electrons. The molecule has 0 saturated carbocycles. The number of rotatable bonds is 2. The predicted octanol–water partition coefficient (Wildman–Crippen LogP) is 1.18. The van der Waals surface area contributed by atoms with E-state index in [1.807, 2.05) is 6.92 Å². The van der Waals surface area contributed by atoms with Crippen LogP contribution in [0.2, 0.25) is 0 Å². The zero-order valence-electron chi connectivity index (χ0n) is 7.16. The van der Waals surface area contributed by atoms with Gasteiger partial charge in [0.15, 0.2) is 0 Å². The summed E-state index contributed by atoms with van der Waals surface area (Å²) in [7, 11) is 0. The van der Waals surface area contributed by atoms with Gasteiger partial charge in [-0.05, 0) is 25.7 Å². The number of carboxylic acid groups (broad SMARTS) is 1. The monoisotopic (exact) mass is 170 g/mol. The Kier molecular flexibility index (Phi) is 2.87. The van der Waals surface area contributed by atoms with Gasteiger partial charge in [-0.1, -0.05) is 11.6 Å². The Morgan fingerprint density at radius 1 is 1.75 bits per heavy atom. The molecule has 0 heterocycles. The third kappa shape index (κ3) is 2.34. The Hall–Kier alpha value is -0.830. The van der Waals surface area contributed by atoms with E-state index in [0.29, 0.717) is 0 Å². The molecule has 0 bridgehead atoms. The first-order chi connectivity index (χ1) is 5.59. The second-order valence-corrected chi connectivity index (χ2v) is 3.40. The lowest BCUT2D eigenvalue weighted by molar-refractivity contribution is -0.139. The molecule has 0 aliphatic heterocycles. The van der Waals surface area contributed by atoms with Crippen molar-refractivity contribution in [2.75, 3.05) is 0 Å². The number of aliphatic hydroxyl groups is 1. The van der Waals surface area contributed by atoms with Crippen LogP contribution in [0.25, 0.3) is 0 Å². The van der Waals surface area contributed by atoms with Gasteiger partial charge in [0, 0.05) is 0 Å². The summed E-state index contributed by atoms with van der Waals surface area (Å²) in [4.78, 5) is 10.4. The highest BCUT2D eigenvalue weighted by atomic mass is 16.4. The van der Waals surface area contributed by atoms with Crippen molar-refractivity contribution < 1.29 is 15.0 Å². The summed E-state index contributed by atoms with van der Waals surface area (Å²) < 4.78 is 0. The summed E-state index contributed by atoms with van der Waals surface area (Å²) in [6, 6.07) is 0. The van der Waals surface area contributed by atoms with Crippen LogP contribution in [0.1, 0.15) is 26.2 Å². The molecule has 0 amide bonds. The van der Waals surface area contributed by atoms with Gasteiger partial charge >= 0.3 is 5.97 Å². The van der Waals surface area contributed by atoms with Crippen LogP contribution >= 0.6 is 0 Å². The van der Waals surface area contributed by atoms with Gasteiger partial charge < -0.3 is 10.2 Å². The van der Waals surface area contributed by atoms with Crippen molar-refractivity contribution >= 4 is 5.97 Å². The molecule has 0 aromatic heterocycles. The summed E-state index contributed by atoms with van der Waals surface area (Å²) in [5, 5.41) is 18.0. The first-order valence-corrected chi connectivity index (χ1v) is 4.16. The molecule has 3 nitrogen and oxygen atoms in total. The van der Waals surface area contributed by atoms with Gasteiger partial charge in [0.2, 0.25) is 0 Å². The molecule has 0 spiro atoms. The van der Waals surface area contributed by atoms with Crippen LogP contribution in [0.5, 0.6) is 0 Å². The Morgan fingerprint density at radius 2 is 2.42 bits per heavy atom. The van der Waals surface area contributed by atoms with Crippen LogP contribution in [0, 0.1) is 5.92 Å². The zero-order chi connectivity index (χ0) is 9.14. The summed E-state index contributed by atoms with van der Waals surface area (Å²) in [5.41, 5.74) is 1.16. The van der Waals surface area contributed by atoms with E-state index in [-0.39, 0.29) is 12.3 Å². The fourth-order valence-corrected chi connectivity index (χ4v) is 1.54. The number of carbonyl (C=O) groups is 1. The van der Waals surface area contributed by atoms with E-state index in [2.05, 4.69) is 0 Å². The molecule has 0 aromatic carbocycles. The van der Waals surface area contributed by atoms with Crippen LogP contribution < -0.4 is 0 Å². The maximum Gasteiger partial charge on any atom is 0.303 e. The number of hydrogen-bond acceptors (Lipinski definition) is 2. The van der Waals surface area contributed by atoms with Gasteiger partial charge in [-0.25, -0.2) is 0 Å². The Balaban J connectivity index is 2.53. The predicted molar refractivity (Wildman–Crippen MR) is 44.7 cm³/mol. The average molecular weight is 170 g/mol. The third-order valence-electron chi connectivity index (χ3n) is 2.28. The number of aliphatic hydroxyl groups excluding tert-OH is 1. The zero-order valence-corrected chi connectivity index (χ0v) is 7.16. The molecule has 12 heavy (non-hydrogen) atoms. The number of aliphatic carboxylic acids is 1. The lowest BCUT2D eigenvalue weighted by atomic mass is 9.86. The summed E-state index contributed by atoms with van der Waals surface area (Å²) >= 11 is 0. The van der Waals surface area contributed by atoms with Crippen molar-refractivity contribution in [2.45, 2.75) is 32.3 Å². The maximum atomic E-state index is 10.4. The van der Waals surface area contributed by atoms with Crippen LogP contribution in [0.4, 0.5) is 0 Å². The van der Waals surface area contributed by atoms with E-state index in [9.17, 15) is 9.90 Å². The molecule has 1 aliphatic carbocycles. The van der Waals surface area contributed by atoms with E-state index in [1.54, 1.807) is 6.08 Å². The molecule has 0 saturated heterocycles. The molecule has 3 heteroatoms. The van der Waals surface area contributed by atoms with Gasteiger partial charge in [0.05, 0.1) is 12.5 Å². The quantitative estimate of drug-likeness (QED) is 0.612. The van der Waals surface area contributed by atoms with E-state index in [1.165, 1.54) is 0 Å². The van der Waals surface area contributed by atoms with Crippen molar-refractivity contribution in [3.63, 3.8) is 0 Å². The van der Waals surface area contributed by atoms with Gasteiger partial charge in [-0.2, -0.15) is 0 Å². The minimum Gasteiger partial charge on any atom is -0.481 e. The van der Waals surface area contributed by atoms with Crippen molar-refractivity contribution in [2.24, 2.45) is 5.92 Å². The first kappa shape index (κ1) is 9.26. The van der Waals surface area contributed by atoms with Gasteiger partial charge in [0.25, 0.3) is 0 Å². The standard InChI is InChI=1S/C9H14O3/c1-6-2-3-7(5-9(11)12)8(10)4-6/h4,7-8,10H,2-3,5H2,1H3,(H,11,12)/t7?,8-/m1/s1. The Morgan fingerprint density at radius 3 is 2.92 bits per heavy atom. The van der Waals surface area contributed by atoms with Crippen molar-refractivity contribution in [1.29, 1.82) is 0 Å². The summed E-state index contributed by atoms with van der Waals surface area (Å²) in [5.74, 6) is -0.918. The van der Waals surface area contributed by atoms with Crippen molar-refractivity contribution in [3.8, 4) is 0 Å². The third-order valence-corrected chi connectivity index (χ3v) is 2.28. The topological polar surface area (TPSA) is 57.5 Å². The van der Waals surface area contributed by atoms with Gasteiger partial charge in [0.1, 0.15) is 0 Å². The summed E-state index contributed by atoms with van der Waals surface area (Å²) in [6.07, 6.45) is 2.97. The maximum absolute atomic E-state index is 10.4. The molecule has 0 fully saturated rings. The molecule has 0 aromatic rings. The average Bonchev–Trinajstić information content (AvgIpc) is 1.94. The minimum absolute atomic E-state index is 0.0744. The highest BCUT2D eigenvalue weighted by Crippen LogP contribution is 2.25. The van der Waals surface area contributed by atoms with Crippen LogP contribution in [-0.2, 0) is 4.79 Å². The first-order valence-electron chi connectivity index (χ1n) is 4.16. The molecule has 1 aliphatic rings. The SMILES string of the molecule is CC1=C[C@@H](O)C(CC(=O)O)CC1. The van der Waals surface area contributed by atoms with Gasteiger partial charge in [-0.15, -0.1) is 0 Å². The van der Waals surface area contributed by atoms with Crippen LogP contribution in [-0.4, -0.2) is 22.3 Å². The molecule has 1 unspecified atom stereocenters. The largest absolute Gasteiger partial charge is 0.481 e. The molecule has 0 radical (unpaired) electrons. The second kappa shape index (κ2) is 3.72. The molecular weight excluding hydrogens is 156 g/mol. The smallest absolute Gasteiger partial charge is 0.303 e. The second-order valence-electron chi connectivity index (χ2n) is 3.40. The fourth-order valence-electron chi connectivity index (χ4n) is 1.54. The van der Waals surface area contributed by atoms with E-state index >= 15 is 0 Å². The fraction of sp³-hybridized carbons (Fsp3) is 0.667. The minimum atomic E-state index is -0.827. The molecule has 2 N–H and O–H groups in total. The highest BCUT2D eigenvalue weighted by molar-refractivity contribution is 5.67. The Bertz CT molecular complexity index is 208. The van der Waals surface area contributed by atoms with E-state index in [4.69, 9.17) is 5.11 Å². The Labute approximate surface area is 71.7 Å². The van der Waals surface area contributed by atoms with Gasteiger partial charge in [-0.3, -0.25) is 4.79 Å².